The van der Waals surface area contributed by atoms with E-state index in [1.54, 1.807) is 24.5 Å². The van der Waals surface area contributed by atoms with E-state index >= 15 is 0 Å². The summed E-state index contributed by atoms with van der Waals surface area (Å²) < 4.78 is 42.5. The highest BCUT2D eigenvalue weighted by Crippen LogP contribution is 2.17. The number of hydrogen-bond acceptors (Lipinski definition) is 6. The maximum absolute atomic E-state index is 12.2. The van der Waals surface area contributed by atoms with E-state index < -0.39 is 12.8 Å². The van der Waals surface area contributed by atoms with Crippen LogP contribution in [0.1, 0.15) is 11.4 Å². The van der Waals surface area contributed by atoms with Gasteiger partial charge < -0.3 is 10.1 Å². The van der Waals surface area contributed by atoms with Crippen molar-refractivity contribution in [3.05, 3.63) is 48.2 Å². The average molecular weight is 366 g/mol. The number of amides is 1. The molecule has 0 fully saturated rings. The van der Waals surface area contributed by atoms with Crippen molar-refractivity contribution in [1.82, 2.24) is 29.9 Å². The van der Waals surface area contributed by atoms with Gasteiger partial charge in [-0.25, -0.2) is 14.5 Å². The molecule has 3 aromatic rings. The van der Waals surface area contributed by atoms with Crippen LogP contribution in [0, 0.1) is 0 Å². The second-order valence-electron chi connectivity index (χ2n) is 5.25. The van der Waals surface area contributed by atoms with Crippen LogP contribution in [0.25, 0.3) is 5.78 Å². The predicted octanol–water partition coefficient (Wildman–Crippen LogP) is 1.32. The number of carbonyl (C=O) groups is 1. The molecule has 0 aliphatic heterocycles. The molecule has 0 unspecified atom stereocenters. The number of alkyl halides is 3. The lowest BCUT2D eigenvalue weighted by molar-refractivity contribution is -0.154. The Hall–Kier alpha value is -3.24. The van der Waals surface area contributed by atoms with Gasteiger partial charge in [0.15, 0.2) is 12.4 Å². The summed E-state index contributed by atoms with van der Waals surface area (Å²) in [4.78, 5) is 23.8. The summed E-state index contributed by atoms with van der Waals surface area (Å²) in [5.41, 5.74) is 0.551. The summed E-state index contributed by atoms with van der Waals surface area (Å²) in [5, 5.41) is 6.75. The van der Waals surface area contributed by atoms with Crippen LogP contribution in [0.4, 0.5) is 13.2 Å². The third kappa shape index (κ3) is 4.88. The minimum Gasteiger partial charge on any atom is -0.468 e. The first-order chi connectivity index (χ1) is 12.4. The van der Waals surface area contributed by atoms with E-state index in [9.17, 15) is 18.0 Å². The smallest absolute Gasteiger partial charge is 0.422 e. The molecular formula is C15H13F3N6O2. The van der Waals surface area contributed by atoms with Gasteiger partial charge in [-0.15, -0.1) is 5.10 Å². The standard InChI is InChI=1S/C15H13F3N6O2/c16-15(17,18)9-26-13-6-10(2-4-19-13)8-21-12(25)7-11-22-14-20-3-1-5-24(14)23-11/h1-6H,7-9H2,(H,21,25). The molecule has 1 amide bonds. The first kappa shape index (κ1) is 17.6. The number of hydrogen-bond donors (Lipinski definition) is 1. The van der Waals surface area contributed by atoms with Crippen molar-refractivity contribution in [1.29, 1.82) is 0 Å². The maximum atomic E-state index is 12.2. The number of carbonyl (C=O) groups excluding carboxylic acids is 1. The Balaban J connectivity index is 1.54. The number of nitrogens with one attached hydrogen (secondary N) is 1. The average Bonchev–Trinajstić information content (AvgIpc) is 3.00. The molecule has 3 aromatic heterocycles. The normalized spacial score (nSPS) is 11.5. The maximum Gasteiger partial charge on any atom is 0.422 e. The Morgan fingerprint density at radius 3 is 2.88 bits per heavy atom. The zero-order valence-corrected chi connectivity index (χ0v) is 13.3. The van der Waals surface area contributed by atoms with Crippen molar-refractivity contribution < 1.29 is 22.7 Å². The largest absolute Gasteiger partial charge is 0.468 e. The van der Waals surface area contributed by atoms with Gasteiger partial charge >= 0.3 is 6.18 Å². The summed E-state index contributed by atoms with van der Waals surface area (Å²) in [6, 6.07) is 4.58. The minimum atomic E-state index is -4.44. The fourth-order valence-electron chi connectivity index (χ4n) is 2.05. The quantitative estimate of drug-likeness (QED) is 0.707. The third-order valence-corrected chi connectivity index (χ3v) is 3.15. The van der Waals surface area contributed by atoms with E-state index in [4.69, 9.17) is 0 Å². The minimum absolute atomic E-state index is 0.0497. The molecular weight excluding hydrogens is 353 g/mol. The molecule has 26 heavy (non-hydrogen) atoms. The highest BCUT2D eigenvalue weighted by Gasteiger charge is 2.28. The second kappa shape index (κ2) is 7.33. The Bertz CT molecular complexity index is 879. The van der Waals surface area contributed by atoms with Gasteiger partial charge in [0.1, 0.15) is 0 Å². The van der Waals surface area contributed by atoms with Gasteiger partial charge in [-0.2, -0.15) is 18.2 Å². The fourth-order valence-corrected chi connectivity index (χ4v) is 2.05. The summed E-state index contributed by atoms with van der Waals surface area (Å²) >= 11 is 0. The van der Waals surface area contributed by atoms with Crippen LogP contribution in [-0.2, 0) is 17.8 Å². The monoisotopic (exact) mass is 366 g/mol. The molecule has 0 saturated heterocycles. The molecule has 11 heteroatoms. The van der Waals surface area contributed by atoms with Crippen LogP contribution in [0.5, 0.6) is 5.88 Å². The third-order valence-electron chi connectivity index (χ3n) is 3.15. The summed E-state index contributed by atoms with van der Waals surface area (Å²) in [5.74, 6) is 0.193. The molecule has 0 spiro atoms. The molecule has 0 aliphatic rings. The Morgan fingerprint density at radius 2 is 2.12 bits per heavy atom. The SMILES string of the molecule is O=C(Cc1nc2ncccn2n1)NCc1ccnc(OCC(F)(F)F)c1. The number of fused-ring (bicyclic) bond motifs is 1. The van der Waals surface area contributed by atoms with Crippen molar-refractivity contribution in [3.8, 4) is 5.88 Å². The van der Waals surface area contributed by atoms with Crippen molar-refractivity contribution in [3.63, 3.8) is 0 Å². The van der Waals surface area contributed by atoms with Crippen molar-refractivity contribution in [2.75, 3.05) is 6.61 Å². The summed E-state index contributed by atoms with van der Waals surface area (Å²) in [7, 11) is 0. The van der Waals surface area contributed by atoms with Gasteiger partial charge in [-0.1, -0.05) is 0 Å². The molecule has 1 N–H and O–H groups in total. The van der Waals surface area contributed by atoms with E-state index in [1.807, 2.05) is 0 Å². The Morgan fingerprint density at radius 1 is 1.27 bits per heavy atom. The van der Waals surface area contributed by atoms with Gasteiger partial charge in [0.05, 0.1) is 6.42 Å². The van der Waals surface area contributed by atoms with Crippen molar-refractivity contribution in [2.24, 2.45) is 0 Å². The number of pyridine rings is 1. The van der Waals surface area contributed by atoms with E-state index in [0.29, 0.717) is 17.2 Å². The molecule has 8 nitrogen and oxygen atoms in total. The molecule has 0 saturated carbocycles. The van der Waals surface area contributed by atoms with E-state index in [0.717, 1.165) is 0 Å². The lowest BCUT2D eigenvalue weighted by Gasteiger charge is -2.09. The highest BCUT2D eigenvalue weighted by molar-refractivity contribution is 5.77. The second-order valence-corrected chi connectivity index (χ2v) is 5.25. The van der Waals surface area contributed by atoms with Gasteiger partial charge in [-0.05, 0) is 17.7 Å². The molecule has 0 atom stereocenters. The van der Waals surface area contributed by atoms with E-state index in [-0.39, 0.29) is 24.8 Å². The van der Waals surface area contributed by atoms with Crippen LogP contribution < -0.4 is 10.1 Å². The van der Waals surface area contributed by atoms with Crippen LogP contribution >= 0.6 is 0 Å². The van der Waals surface area contributed by atoms with Gasteiger partial charge in [0.2, 0.25) is 11.8 Å². The number of nitrogens with zero attached hydrogens (tertiary/aromatic N) is 5. The topological polar surface area (TPSA) is 94.3 Å². The first-order valence-electron chi connectivity index (χ1n) is 7.46. The fraction of sp³-hybridized carbons (Fsp3) is 0.267. The van der Waals surface area contributed by atoms with E-state index in [1.165, 1.54) is 16.8 Å². The van der Waals surface area contributed by atoms with Crippen molar-refractivity contribution >= 4 is 11.7 Å². The molecule has 0 aliphatic carbocycles. The van der Waals surface area contributed by atoms with Gasteiger partial charge in [0, 0.05) is 31.2 Å². The number of halogens is 3. The van der Waals surface area contributed by atoms with Crippen LogP contribution in [0.15, 0.2) is 36.8 Å². The molecule has 0 aromatic carbocycles. The molecule has 3 rings (SSSR count). The number of rotatable bonds is 6. The number of ether oxygens (including phenoxy) is 1. The summed E-state index contributed by atoms with van der Waals surface area (Å²) in [6.07, 6.45) is 0.0438. The van der Waals surface area contributed by atoms with Gasteiger partial charge in [0.25, 0.3) is 5.78 Å². The van der Waals surface area contributed by atoms with Gasteiger partial charge in [-0.3, -0.25) is 4.79 Å². The Kier molecular flexibility index (Phi) is 4.96. The first-order valence-corrected chi connectivity index (χ1v) is 7.46. The zero-order chi connectivity index (χ0) is 18.6. The molecule has 0 bridgehead atoms. The summed E-state index contributed by atoms with van der Waals surface area (Å²) in [6.45, 7) is -1.32. The van der Waals surface area contributed by atoms with Crippen LogP contribution in [0.3, 0.4) is 0 Å². The van der Waals surface area contributed by atoms with Crippen LogP contribution in [0.2, 0.25) is 0 Å². The lowest BCUT2D eigenvalue weighted by Crippen LogP contribution is -2.25. The van der Waals surface area contributed by atoms with Crippen LogP contribution in [-0.4, -0.2) is 43.3 Å². The molecule has 136 valence electrons. The zero-order valence-electron chi connectivity index (χ0n) is 13.3. The number of aromatic nitrogens is 5. The molecule has 3 heterocycles. The lowest BCUT2D eigenvalue weighted by atomic mass is 10.2. The van der Waals surface area contributed by atoms with E-state index in [2.05, 4.69) is 30.1 Å². The predicted molar refractivity (Wildman–Crippen MR) is 82.1 cm³/mol. The highest BCUT2D eigenvalue weighted by atomic mass is 19.4. The van der Waals surface area contributed by atoms with Crippen molar-refractivity contribution in [2.45, 2.75) is 19.1 Å². The molecule has 0 radical (unpaired) electrons. The Labute approximate surface area is 145 Å².